The Morgan fingerprint density at radius 2 is 1.59 bits per heavy atom. The van der Waals surface area contributed by atoms with Crippen LogP contribution >= 0.6 is 0 Å². The van der Waals surface area contributed by atoms with E-state index in [9.17, 15) is 18.0 Å². The monoisotopic (exact) mass is 398 g/mol. The molecule has 0 unspecified atom stereocenters. The molecule has 0 aromatic heterocycles. The Labute approximate surface area is 159 Å². The first-order valence-electron chi connectivity index (χ1n) is 8.86. The van der Waals surface area contributed by atoms with Crippen molar-refractivity contribution >= 4 is 22.0 Å². The van der Waals surface area contributed by atoms with Gasteiger partial charge in [-0.3, -0.25) is 0 Å². The van der Waals surface area contributed by atoms with Crippen molar-refractivity contribution in [3.63, 3.8) is 0 Å². The summed E-state index contributed by atoms with van der Waals surface area (Å²) in [6.45, 7) is 4.58. The molecular formula is C18H26N2O6S. The van der Waals surface area contributed by atoms with Crippen LogP contribution in [0.25, 0.3) is 0 Å². The van der Waals surface area contributed by atoms with Gasteiger partial charge in [0.25, 0.3) is 0 Å². The highest BCUT2D eigenvalue weighted by atomic mass is 32.2. The van der Waals surface area contributed by atoms with Gasteiger partial charge in [0.1, 0.15) is 0 Å². The average molecular weight is 398 g/mol. The zero-order chi connectivity index (χ0) is 20.0. The van der Waals surface area contributed by atoms with Crippen LogP contribution in [0, 0.1) is 5.92 Å². The van der Waals surface area contributed by atoms with E-state index in [4.69, 9.17) is 0 Å². The van der Waals surface area contributed by atoms with E-state index in [1.807, 2.05) is 6.92 Å². The molecule has 1 aromatic rings. The highest BCUT2D eigenvalue weighted by molar-refractivity contribution is 7.89. The van der Waals surface area contributed by atoms with Gasteiger partial charge < -0.3 is 14.8 Å². The summed E-state index contributed by atoms with van der Waals surface area (Å²) >= 11 is 0. The van der Waals surface area contributed by atoms with Gasteiger partial charge in [-0.25, -0.2) is 18.0 Å². The summed E-state index contributed by atoms with van der Waals surface area (Å²) in [4.78, 5) is 23.7. The third-order valence-corrected chi connectivity index (χ3v) is 6.52. The summed E-state index contributed by atoms with van der Waals surface area (Å²) in [5.41, 5.74) is -0.0259. The molecular weight excluding hydrogens is 372 g/mol. The second kappa shape index (κ2) is 9.29. The van der Waals surface area contributed by atoms with E-state index in [2.05, 4.69) is 14.8 Å². The van der Waals surface area contributed by atoms with E-state index < -0.39 is 22.0 Å². The molecule has 9 heteroatoms. The number of nitrogens with one attached hydrogen (secondary N) is 1. The van der Waals surface area contributed by atoms with Crippen LogP contribution in [-0.4, -0.2) is 65.1 Å². The van der Waals surface area contributed by atoms with Crippen molar-refractivity contribution in [3.8, 4) is 0 Å². The topological polar surface area (TPSA) is 102 Å². The van der Waals surface area contributed by atoms with Crippen molar-refractivity contribution in [1.29, 1.82) is 0 Å². The number of carbonyl (C=O) groups is 2. The molecule has 8 nitrogen and oxygen atoms in total. The van der Waals surface area contributed by atoms with Gasteiger partial charge in [0, 0.05) is 13.1 Å². The molecule has 1 heterocycles. The number of sulfonamides is 1. The zero-order valence-corrected chi connectivity index (χ0v) is 16.7. The summed E-state index contributed by atoms with van der Waals surface area (Å²) in [5.74, 6) is -1.01. The first kappa shape index (κ1) is 21.3. The highest BCUT2D eigenvalue weighted by Crippen LogP contribution is 2.25. The van der Waals surface area contributed by atoms with Gasteiger partial charge in [-0.05, 0) is 50.0 Å². The molecule has 1 aromatic carbocycles. The first-order chi connectivity index (χ1) is 12.8. The van der Waals surface area contributed by atoms with Crippen LogP contribution in [0.4, 0.5) is 0 Å². The lowest BCUT2D eigenvalue weighted by atomic mass is 9.98. The minimum absolute atomic E-state index is 0.0130. The summed E-state index contributed by atoms with van der Waals surface area (Å²) in [6.07, 6.45) is 1.51. The van der Waals surface area contributed by atoms with Gasteiger partial charge in [-0.15, -0.1) is 0 Å². The van der Waals surface area contributed by atoms with Crippen molar-refractivity contribution in [2.24, 2.45) is 5.92 Å². The van der Waals surface area contributed by atoms with Crippen LogP contribution in [0.1, 0.15) is 40.5 Å². The third kappa shape index (κ3) is 5.06. The van der Waals surface area contributed by atoms with Crippen molar-refractivity contribution in [2.75, 3.05) is 40.4 Å². The molecule has 0 atom stereocenters. The lowest BCUT2D eigenvalue weighted by Gasteiger charge is -2.31. The Balaban J connectivity index is 2.29. The first-order valence-corrected chi connectivity index (χ1v) is 10.3. The van der Waals surface area contributed by atoms with Crippen LogP contribution in [0.2, 0.25) is 0 Å². The van der Waals surface area contributed by atoms with Gasteiger partial charge >= 0.3 is 11.9 Å². The zero-order valence-electron chi connectivity index (χ0n) is 15.9. The SMILES string of the molecule is CCNCC1CCN(S(=O)(=O)c2cc(C(=O)OC)cc(C(=O)OC)c2)CC1. The van der Waals surface area contributed by atoms with Crippen molar-refractivity contribution in [1.82, 2.24) is 9.62 Å². The number of benzene rings is 1. The van der Waals surface area contributed by atoms with E-state index >= 15 is 0 Å². The molecule has 27 heavy (non-hydrogen) atoms. The Bertz CT molecular complexity index is 751. The van der Waals surface area contributed by atoms with Crippen molar-refractivity contribution in [3.05, 3.63) is 29.3 Å². The fourth-order valence-corrected chi connectivity index (χ4v) is 4.61. The van der Waals surface area contributed by atoms with Gasteiger partial charge in [0.15, 0.2) is 0 Å². The lowest BCUT2D eigenvalue weighted by Crippen LogP contribution is -2.40. The molecule has 1 N–H and O–H groups in total. The highest BCUT2D eigenvalue weighted by Gasteiger charge is 2.30. The quantitative estimate of drug-likeness (QED) is 0.690. The standard InChI is InChI=1S/C18H26N2O6S/c1-4-19-12-13-5-7-20(8-6-13)27(23,24)16-10-14(17(21)25-2)9-15(11-16)18(22)26-3/h9-11,13,19H,4-8,12H2,1-3H3. The van der Waals surface area contributed by atoms with Crippen LogP contribution in [0.5, 0.6) is 0 Å². The molecule has 0 saturated carbocycles. The van der Waals surface area contributed by atoms with Gasteiger partial charge in [0.2, 0.25) is 10.0 Å². The predicted molar refractivity (Wildman–Crippen MR) is 99.1 cm³/mol. The lowest BCUT2D eigenvalue weighted by molar-refractivity contribution is 0.0598. The molecule has 1 fully saturated rings. The van der Waals surface area contributed by atoms with Crippen molar-refractivity contribution < 1.29 is 27.5 Å². The van der Waals surface area contributed by atoms with Gasteiger partial charge in [-0.2, -0.15) is 4.31 Å². The maximum Gasteiger partial charge on any atom is 0.337 e. The fraction of sp³-hybridized carbons (Fsp3) is 0.556. The summed E-state index contributed by atoms with van der Waals surface area (Å²) < 4.78 is 36.8. The van der Waals surface area contributed by atoms with Gasteiger partial charge in [0.05, 0.1) is 30.2 Å². The van der Waals surface area contributed by atoms with E-state index in [-0.39, 0.29) is 16.0 Å². The number of esters is 2. The number of rotatable bonds is 7. The maximum absolute atomic E-state index is 13.0. The second-order valence-electron chi connectivity index (χ2n) is 6.38. The molecule has 2 rings (SSSR count). The van der Waals surface area contributed by atoms with Crippen LogP contribution in [0.3, 0.4) is 0 Å². The molecule has 0 amide bonds. The van der Waals surface area contributed by atoms with Gasteiger partial charge in [-0.1, -0.05) is 6.92 Å². The fourth-order valence-electron chi connectivity index (χ4n) is 3.07. The number of ether oxygens (including phenoxy) is 2. The van der Waals surface area contributed by atoms with Crippen LogP contribution in [-0.2, 0) is 19.5 Å². The Morgan fingerprint density at radius 1 is 1.07 bits per heavy atom. The van der Waals surface area contributed by atoms with E-state index in [1.54, 1.807) is 0 Å². The van der Waals surface area contributed by atoms with Crippen LogP contribution < -0.4 is 5.32 Å². The second-order valence-corrected chi connectivity index (χ2v) is 8.32. The molecule has 0 spiro atoms. The van der Waals surface area contributed by atoms with E-state index in [1.165, 1.54) is 36.7 Å². The summed E-state index contributed by atoms with van der Waals surface area (Å²) in [7, 11) is -1.46. The molecule has 0 aliphatic carbocycles. The molecule has 1 aliphatic rings. The smallest absolute Gasteiger partial charge is 0.337 e. The Morgan fingerprint density at radius 3 is 2.04 bits per heavy atom. The maximum atomic E-state index is 13.0. The van der Waals surface area contributed by atoms with E-state index in [0.29, 0.717) is 19.0 Å². The number of hydrogen-bond acceptors (Lipinski definition) is 7. The molecule has 1 aliphatic heterocycles. The number of methoxy groups -OCH3 is 2. The normalized spacial score (nSPS) is 16.1. The Hall–Kier alpha value is -1.97. The van der Waals surface area contributed by atoms with Crippen LogP contribution in [0.15, 0.2) is 23.1 Å². The largest absolute Gasteiger partial charge is 0.465 e. The van der Waals surface area contributed by atoms with E-state index in [0.717, 1.165) is 25.9 Å². The molecule has 0 bridgehead atoms. The number of carbonyl (C=O) groups excluding carboxylic acids is 2. The predicted octanol–water partition coefficient (Wildman–Crippen LogP) is 1.27. The molecule has 0 radical (unpaired) electrons. The Kier molecular flexibility index (Phi) is 7.34. The average Bonchev–Trinajstić information content (AvgIpc) is 2.70. The minimum Gasteiger partial charge on any atom is -0.465 e. The number of hydrogen-bond donors (Lipinski definition) is 1. The molecule has 150 valence electrons. The number of piperidine rings is 1. The minimum atomic E-state index is -3.84. The third-order valence-electron chi connectivity index (χ3n) is 4.64. The molecule has 1 saturated heterocycles. The number of nitrogens with zero attached hydrogens (tertiary/aromatic N) is 1. The van der Waals surface area contributed by atoms with Crippen molar-refractivity contribution in [2.45, 2.75) is 24.7 Å². The summed E-state index contributed by atoms with van der Waals surface area (Å²) in [5, 5.41) is 3.29. The summed E-state index contributed by atoms with van der Waals surface area (Å²) in [6, 6.07) is 3.73.